The molecule has 0 aliphatic carbocycles. The second-order valence-electron chi connectivity index (χ2n) is 10.3. The molecule has 0 fully saturated rings. The van der Waals surface area contributed by atoms with E-state index in [1.807, 2.05) is 46.8 Å². The van der Waals surface area contributed by atoms with Gasteiger partial charge in [0.05, 0.1) is 11.7 Å². The monoisotopic (exact) mass is 488 g/mol. The van der Waals surface area contributed by atoms with Gasteiger partial charge < -0.3 is 18.9 Å². The molecule has 188 valence electrons. The van der Waals surface area contributed by atoms with Crippen LogP contribution in [0.25, 0.3) is 22.8 Å². The number of hydrogen-bond acceptors (Lipinski definition) is 7. The van der Waals surface area contributed by atoms with Crippen LogP contribution in [-0.2, 0) is 17.6 Å². The Hall–Kier alpha value is -3.86. The lowest BCUT2D eigenvalue weighted by molar-refractivity contribution is 0.0258. The molecule has 0 spiro atoms. The van der Waals surface area contributed by atoms with Crippen LogP contribution < -0.4 is 4.74 Å². The normalized spacial score (nSPS) is 13.7. The highest BCUT2D eigenvalue weighted by atomic mass is 16.6. The SMILES string of the molecule is Cc1c(-c2noc(-c3ccc(OC(C)C)c(C#N)c3)n2)ccc2c1CCN(C(=O)OC(C)(C)C)CC2. The third-order valence-corrected chi connectivity index (χ3v) is 6.01. The van der Waals surface area contributed by atoms with Gasteiger partial charge in [0, 0.05) is 24.2 Å². The number of aromatic nitrogens is 2. The van der Waals surface area contributed by atoms with E-state index in [-0.39, 0.29) is 12.2 Å². The van der Waals surface area contributed by atoms with Crippen molar-refractivity contribution in [3.8, 4) is 34.7 Å². The lowest BCUT2D eigenvalue weighted by Crippen LogP contribution is -2.38. The molecule has 4 rings (SSSR count). The topological polar surface area (TPSA) is 101 Å². The number of carbonyl (C=O) groups is 1. The van der Waals surface area contributed by atoms with Gasteiger partial charge in [-0.2, -0.15) is 10.2 Å². The molecule has 0 unspecified atom stereocenters. The molecule has 2 aromatic carbocycles. The molecule has 0 atom stereocenters. The first-order valence-electron chi connectivity index (χ1n) is 12.2. The van der Waals surface area contributed by atoms with E-state index in [0.29, 0.717) is 41.7 Å². The van der Waals surface area contributed by atoms with Gasteiger partial charge in [-0.1, -0.05) is 17.3 Å². The highest BCUT2D eigenvalue weighted by molar-refractivity contribution is 5.69. The van der Waals surface area contributed by atoms with E-state index >= 15 is 0 Å². The molecule has 1 aromatic heterocycles. The van der Waals surface area contributed by atoms with E-state index in [2.05, 4.69) is 29.2 Å². The standard InChI is InChI=1S/C28H32N4O4/c1-17(2)34-24-10-8-20(15-21(24)16-29)26-30-25(31-36-26)23-9-7-19-11-13-32(14-12-22(19)18(23)3)27(33)35-28(4,5)6/h7-10,15,17H,11-14H2,1-6H3. The highest BCUT2D eigenvalue weighted by Gasteiger charge is 2.26. The maximum atomic E-state index is 12.6. The molecule has 1 aliphatic heterocycles. The summed E-state index contributed by atoms with van der Waals surface area (Å²) in [4.78, 5) is 19.0. The van der Waals surface area contributed by atoms with Crippen molar-refractivity contribution in [3.63, 3.8) is 0 Å². The molecule has 2 heterocycles. The Bertz CT molecular complexity index is 1310. The molecule has 0 N–H and O–H groups in total. The van der Waals surface area contributed by atoms with E-state index in [9.17, 15) is 10.1 Å². The van der Waals surface area contributed by atoms with Crippen molar-refractivity contribution in [1.29, 1.82) is 5.26 Å². The van der Waals surface area contributed by atoms with Crippen molar-refractivity contribution in [2.75, 3.05) is 13.1 Å². The Morgan fingerprint density at radius 2 is 1.92 bits per heavy atom. The molecule has 0 saturated heterocycles. The predicted octanol–water partition coefficient (Wildman–Crippen LogP) is 5.71. The molecule has 3 aromatic rings. The Labute approximate surface area is 211 Å². The first-order chi connectivity index (χ1) is 17.1. The van der Waals surface area contributed by atoms with Crippen LogP contribution in [0.2, 0.25) is 0 Å². The van der Waals surface area contributed by atoms with Crippen LogP contribution in [0.5, 0.6) is 5.75 Å². The first-order valence-corrected chi connectivity index (χ1v) is 12.2. The Balaban J connectivity index is 1.57. The van der Waals surface area contributed by atoms with E-state index < -0.39 is 5.60 Å². The highest BCUT2D eigenvalue weighted by Crippen LogP contribution is 2.31. The molecule has 0 radical (unpaired) electrons. The summed E-state index contributed by atoms with van der Waals surface area (Å²) in [5.41, 5.74) is 4.92. The number of nitrogens with zero attached hydrogens (tertiary/aromatic N) is 4. The minimum atomic E-state index is -0.522. The number of fused-ring (bicyclic) bond motifs is 1. The number of nitriles is 1. The summed E-state index contributed by atoms with van der Waals surface area (Å²) in [6.45, 7) is 12.7. The average Bonchev–Trinajstić information content (AvgIpc) is 3.18. The van der Waals surface area contributed by atoms with Gasteiger partial charge in [-0.05, 0) is 89.3 Å². The number of benzene rings is 2. The Morgan fingerprint density at radius 1 is 1.17 bits per heavy atom. The van der Waals surface area contributed by atoms with Gasteiger partial charge in [-0.15, -0.1) is 0 Å². The lowest BCUT2D eigenvalue weighted by atomic mass is 9.93. The number of ether oxygens (including phenoxy) is 2. The second-order valence-corrected chi connectivity index (χ2v) is 10.3. The summed E-state index contributed by atoms with van der Waals surface area (Å²) in [7, 11) is 0. The second kappa shape index (κ2) is 10.0. The van der Waals surface area contributed by atoms with Gasteiger partial charge in [0.15, 0.2) is 0 Å². The van der Waals surface area contributed by atoms with Gasteiger partial charge >= 0.3 is 6.09 Å². The van der Waals surface area contributed by atoms with E-state index in [0.717, 1.165) is 24.0 Å². The van der Waals surface area contributed by atoms with Gasteiger partial charge in [0.1, 0.15) is 17.4 Å². The lowest BCUT2D eigenvalue weighted by Gasteiger charge is -2.26. The van der Waals surface area contributed by atoms with Gasteiger partial charge in [0.25, 0.3) is 5.89 Å². The van der Waals surface area contributed by atoms with Gasteiger partial charge in [0.2, 0.25) is 5.82 Å². The van der Waals surface area contributed by atoms with Crippen molar-refractivity contribution >= 4 is 6.09 Å². The van der Waals surface area contributed by atoms with Crippen LogP contribution >= 0.6 is 0 Å². The average molecular weight is 489 g/mol. The fourth-order valence-electron chi connectivity index (χ4n) is 4.32. The predicted molar refractivity (Wildman–Crippen MR) is 136 cm³/mol. The summed E-state index contributed by atoms with van der Waals surface area (Å²) in [6.07, 6.45) is 1.17. The zero-order valence-corrected chi connectivity index (χ0v) is 21.7. The van der Waals surface area contributed by atoms with Crippen molar-refractivity contribution in [3.05, 3.63) is 52.6 Å². The van der Waals surface area contributed by atoms with Crippen LogP contribution in [0, 0.1) is 18.3 Å². The summed E-state index contributed by atoms with van der Waals surface area (Å²) in [6, 6.07) is 11.5. The van der Waals surface area contributed by atoms with Crippen LogP contribution in [-0.4, -0.2) is 45.9 Å². The van der Waals surface area contributed by atoms with Crippen molar-refractivity contribution in [1.82, 2.24) is 15.0 Å². The van der Waals surface area contributed by atoms with E-state index in [1.54, 1.807) is 17.0 Å². The quantitative estimate of drug-likeness (QED) is 0.464. The van der Waals surface area contributed by atoms with E-state index in [4.69, 9.17) is 14.0 Å². The van der Waals surface area contributed by atoms with Crippen molar-refractivity contribution in [2.45, 2.75) is 66.1 Å². The zero-order chi connectivity index (χ0) is 26.0. The smallest absolute Gasteiger partial charge is 0.410 e. The molecular formula is C28H32N4O4. The van der Waals surface area contributed by atoms with Crippen LogP contribution in [0.4, 0.5) is 4.79 Å². The molecular weight excluding hydrogens is 456 g/mol. The Morgan fingerprint density at radius 3 is 2.61 bits per heavy atom. The molecule has 1 aliphatic rings. The van der Waals surface area contributed by atoms with Crippen LogP contribution in [0.1, 0.15) is 56.9 Å². The maximum Gasteiger partial charge on any atom is 0.410 e. The van der Waals surface area contributed by atoms with Gasteiger partial charge in [-0.25, -0.2) is 4.79 Å². The Kier molecular flexibility index (Phi) is 7.02. The van der Waals surface area contributed by atoms with E-state index in [1.165, 1.54) is 11.1 Å². The van der Waals surface area contributed by atoms with Crippen LogP contribution in [0.3, 0.4) is 0 Å². The van der Waals surface area contributed by atoms with Gasteiger partial charge in [-0.3, -0.25) is 0 Å². The molecule has 0 bridgehead atoms. The minimum Gasteiger partial charge on any atom is -0.490 e. The third kappa shape index (κ3) is 5.51. The maximum absolute atomic E-state index is 12.6. The summed E-state index contributed by atoms with van der Waals surface area (Å²) in [5.74, 6) is 1.35. The number of rotatable bonds is 4. The van der Waals surface area contributed by atoms with Crippen molar-refractivity contribution in [2.24, 2.45) is 0 Å². The molecule has 1 amide bonds. The largest absolute Gasteiger partial charge is 0.490 e. The molecule has 36 heavy (non-hydrogen) atoms. The van der Waals surface area contributed by atoms with Crippen LogP contribution in [0.15, 0.2) is 34.9 Å². The number of carbonyl (C=O) groups excluding carboxylic acids is 1. The fourth-order valence-corrected chi connectivity index (χ4v) is 4.32. The number of hydrogen-bond donors (Lipinski definition) is 0. The number of amides is 1. The summed E-state index contributed by atoms with van der Waals surface area (Å²) in [5, 5.41) is 13.8. The summed E-state index contributed by atoms with van der Waals surface area (Å²) >= 11 is 0. The third-order valence-electron chi connectivity index (χ3n) is 6.01. The first kappa shape index (κ1) is 25.2. The zero-order valence-electron chi connectivity index (χ0n) is 21.7. The fraction of sp³-hybridized carbons (Fsp3) is 0.429. The molecule has 8 nitrogen and oxygen atoms in total. The molecule has 8 heteroatoms. The molecule has 0 saturated carbocycles. The van der Waals surface area contributed by atoms with Crippen molar-refractivity contribution < 1.29 is 18.8 Å². The summed E-state index contributed by atoms with van der Waals surface area (Å²) < 4.78 is 16.8. The minimum absolute atomic E-state index is 0.0367.